The van der Waals surface area contributed by atoms with Crippen LogP contribution in [0.2, 0.25) is 0 Å². The van der Waals surface area contributed by atoms with Gasteiger partial charge < -0.3 is 30.3 Å². The van der Waals surface area contributed by atoms with Crippen molar-refractivity contribution in [3.05, 3.63) is 29.8 Å². The van der Waals surface area contributed by atoms with Crippen LogP contribution in [-0.2, 0) is 24.6 Å². The molecule has 36 heavy (non-hydrogen) atoms. The van der Waals surface area contributed by atoms with E-state index in [1.165, 1.54) is 0 Å². The first-order chi connectivity index (χ1) is 16.8. The van der Waals surface area contributed by atoms with Gasteiger partial charge in [-0.3, -0.25) is 9.59 Å². The van der Waals surface area contributed by atoms with E-state index < -0.39 is 54.2 Å². The predicted octanol–water partition coefficient (Wildman–Crippen LogP) is 2.18. The van der Waals surface area contributed by atoms with Gasteiger partial charge in [-0.1, -0.05) is 39.3 Å². The molecule has 0 aromatic heterocycles. The summed E-state index contributed by atoms with van der Waals surface area (Å²) in [5.41, 5.74) is -1.84. The Hall–Kier alpha value is -2.98. The first kappa shape index (κ1) is 29.3. The molecule has 0 spiro atoms. The van der Waals surface area contributed by atoms with Crippen LogP contribution in [0.5, 0.6) is 5.75 Å². The molecule has 200 valence electrons. The Bertz CT molecular complexity index is 965. The number of amides is 1. The SMILES string of the molecule is CCC1(c2cccc(OC(=O)C[C@](O)(CC(=O)N[C@H](C(=O)O)C(C)C)C(=O)O)c2)CCCCN(C)C1. The average Bonchev–Trinajstić information content (AvgIpc) is 2.98. The van der Waals surface area contributed by atoms with Crippen LogP contribution in [0.1, 0.15) is 64.9 Å². The number of ether oxygens (including phenoxy) is 1. The van der Waals surface area contributed by atoms with Crippen LogP contribution >= 0.6 is 0 Å². The predicted molar refractivity (Wildman–Crippen MR) is 132 cm³/mol. The number of rotatable bonds is 11. The van der Waals surface area contributed by atoms with Crippen molar-refractivity contribution < 1.29 is 39.2 Å². The standard InChI is InChI=1S/C26H38N2O8/c1-5-25(11-6-7-12-28(4)16-25)18-9-8-10-19(13-18)36-21(30)15-26(35,24(33)34)14-20(29)27-22(17(2)3)23(31)32/h8-10,13,17,22,35H,5-7,11-12,14-16H2,1-4H3,(H,27,29)(H,31,32)(H,33,34)/t22-,25?,26+/m0/s1. The minimum absolute atomic E-state index is 0.106. The molecule has 1 amide bonds. The molecule has 2 rings (SSSR count). The number of carbonyl (C=O) groups is 4. The van der Waals surface area contributed by atoms with E-state index in [1.807, 2.05) is 6.07 Å². The molecule has 0 radical (unpaired) electrons. The maximum absolute atomic E-state index is 12.6. The Kier molecular flexibility index (Phi) is 10.0. The minimum Gasteiger partial charge on any atom is -0.480 e. The Balaban J connectivity index is 2.15. The summed E-state index contributed by atoms with van der Waals surface area (Å²) >= 11 is 0. The zero-order valence-corrected chi connectivity index (χ0v) is 21.5. The second-order valence-electron chi connectivity index (χ2n) is 10.1. The molecule has 0 aliphatic carbocycles. The number of aliphatic hydroxyl groups is 1. The average molecular weight is 507 g/mol. The molecule has 1 aliphatic rings. The lowest BCUT2D eigenvalue weighted by molar-refractivity contribution is -0.167. The molecule has 10 nitrogen and oxygen atoms in total. The van der Waals surface area contributed by atoms with Crippen molar-refractivity contribution in [2.45, 2.75) is 76.4 Å². The zero-order chi connectivity index (χ0) is 27.1. The van der Waals surface area contributed by atoms with Crippen LogP contribution in [0.15, 0.2) is 24.3 Å². The summed E-state index contributed by atoms with van der Waals surface area (Å²) < 4.78 is 5.38. The molecule has 4 N–H and O–H groups in total. The van der Waals surface area contributed by atoms with Crippen LogP contribution in [0.25, 0.3) is 0 Å². The second kappa shape index (κ2) is 12.3. The quantitative estimate of drug-likeness (QED) is 0.261. The van der Waals surface area contributed by atoms with Gasteiger partial charge in [-0.15, -0.1) is 0 Å². The van der Waals surface area contributed by atoms with E-state index in [-0.39, 0.29) is 11.2 Å². The third kappa shape index (κ3) is 7.51. The van der Waals surface area contributed by atoms with E-state index in [0.29, 0.717) is 0 Å². The van der Waals surface area contributed by atoms with Crippen molar-refractivity contribution in [3.8, 4) is 5.75 Å². The van der Waals surface area contributed by atoms with Crippen LogP contribution < -0.4 is 10.1 Å². The van der Waals surface area contributed by atoms with Crippen LogP contribution in [0.4, 0.5) is 0 Å². The lowest BCUT2D eigenvalue weighted by Crippen LogP contribution is -2.50. The van der Waals surface area contributed by atoms with E-state index in [2.05, 4.69) is 24.2 Å². The van der Waals surface area contributed by atoms with E-state index in [0.717, 1.165) is 44.3 Å². The molecule has 1 saturated heterocycles. The van der Waals surface area contributed by atoms with Crippen LogP contribution in [-0.4, -0.2) is 75.8 Å². The molecule has 1 aromatic carbocycles. The first-order valence-corrected chi connectivity index (χ1v) is 12.3. The summed E-state index contributed by atoms with van der Waals surface area (Å²) in [6, 6.07) is 5.85. The van der Waals surface area contributed by atoms with Gasteiger partial charge in [0.25, 0.3) is 0 Å². The Morgan fingerprint density at radius 1 is 1.17 bits per heavy atom. The number of benzene rings is 1. The smallest absolute Gasteiger partial charge is 0.336 e. The van der Waals surface area contributed by atoms with Gasteiger partial charge in [-0.2, -0.15) is 0 Å². The number of carboxylic acid groups (broad SMARTS) is 2. The van der Waals surface area contributed by atoms with Crippen molar-refractivity contribution in [2.24, 2.45) is 5.92 Å². The topological polar surface area (TPSA) is 153 Å². The van der Waals surface area contributed by atoms with Gasteiger partial charge >= 0.3 is 17.9 Å². The van der Waals surface area contributed by atoms with Crippen molar-refractivity contribution in [1.82, 2.24) is 10.2 Å². The number of esters is 1. The summed E-state index contributed by atoms with van der Waals surface area (Å²) in [7, 11) is 2.09. The monoisotopic (exact) mass is 506 g/mol. The number of likely N-dealkylation sites (tertiary alicyclic amines) is 1. The molecule has 1 heterocycles. The zero-order valence-electron chi connectivity index (χ0n) is 21.5. The molecular formula is C26H38N2O8. The van der Waals surface area contributed by atoms with Gasteiger partial charge in [0.15, 0.2) is 5.60 Å². The van der Waals surface area contributed by atoms with Gasteiger partial charge in [0.1, 0.15) is 11.8 Å². The van der Waals surface area contributed by atoms with E-state index >= 15 is 0 Å². The Labute approximate surface area is 211 Å². The second-order valence-corrected chi connectivity index (χ2v) is 10.1. The molecule has 1 aromatic rings. The first-order valence-electron chi connectivity index (χ1n) is 12.3. The van der Waals surface area contributed by atoms with Crippen molar-refractivity contribution in [1.29, 1.82) is 0 Å². The summed E-state index contributed by atoms with van der Waals surface area (Å²) in [5.74, 6) is -5.35. The summed E-state index contributed by atoms with van der Waals surface area (Å²) in [5, 5.41) is 31.5. The molecule has 0 saturated carbocycles. The molecule has 1 fully saturated rings. The molecular weight excluding hydrogens is 468 g/mol. The Morgan fingerprint density at radius 3 is 2.44 bits per heavy atom. The fourth-order valence-corrected chi connectivity index (χ4v) is 4.76. The van der Waals surface area contributed by atoms with E-state index in [9.17, 15) is 34.5 Å². The minimum atomic E-state index is -2.76. The largest absolute Gasteiger partial charge is 0.480 e. The van der Waals surface area contributed by atoms with Crippen molar-refractivity contribution in [3.63, 3.8) is 0 Å². The number of hydrogen-bond acceptors (Lipinski definition) is 7. The summed E-state index contributed by atoms with van der Waals surface area (Å²) in [6.45, 7) is 7.15. The fourth-order valence-electron chi connectivity index (χ4n) is 4.76. The normalized spacial score (nSPS) is 21.2. The van der Waals surface area contributed by atoms with Gasteiger partial charge in [-0.25, -0.2) is 9.59 Å². The molecule has 0 bridgehead atoms. The lowest BCUT2D eigenvalue weighted by atomic mass is 9.74. The summed E-state index contributed by atoms with van der Waals surface area (Å²) in [4.78, 5) is 50.3. The van der Waals surface area contributed by atoms with Crippen molar-refractivity contribution >= 4 is 23.8 Å². The summed E-state index contributed by atoms with van der Waals surface area (Å²) in [6.07, 6.45) is 2.09. The third-order valence-electron chi connectivity index (χ3n) is 6.91. The molecule has 3 atom stereocenters. The highest BCUT2D eigenvalue weighted by Crippen LogP contribution is 2.37. The maximum Gasteiger partial charge on any atom is 0.336 e. The van der Waals surface area contributed by atoms with Gasteiger partial charge in [-0.05, 0) is 56.5 Å². The number of nitrogens with zero attached hydrogens (tertiary/aromatic N) is 1. The highest BCUT2D eigenvalue weighted by atomic mass is 16.5. The van der Waals surface area contributed by atoms with Crippen molar-refractivity contribution in [2.75, 3.05) is 20.1 Å². The van der Waals surface area contributed by atoms with Gasteiger partial charge in [0.05, 0.1) is 12.8 Å². The van der Waals surface area contributed by atoms with Gasteiger partial charge in [0.2, 0.25) is 5.91 Å². The van der Waals surface area contributed by atoms with Gasteiger partial charge in [0, 0.05) is 12.0 Å². The lowest BCUT2D eigenvalue weighted by Gasteiger charge is -2.35. The van der Waals surface area contributed by atoms with E-state index in [1.54, 1.807) is 32.0 Å². The number of carbonyl (C=O) groups excluding carboxylic acids is 2. The number of nitrogens with one attached hydrogen (secondary N) is 1. The number of hydrogen-bond donors (Lipinski definition) is 4. The highest BCUT2D eigenvalue weighted by molar-refractivity contribution is 5.92. The Morgan fingerprint density at radius 2 is 1.86 bits per heavy atom. The maximum atomic E-state index is 12.6. The fraction of sp³-hybridized carbons (Fsp3) is 0.615. The van der Waals surface area contributed by atoms with E-state index in [4.69, 9.17) is 4.74 Å². The molecule has 1 aliphatic heterocycles. The molecule has 10 heteroatoms. The third-order valence-corrected chi connectivity index (χ3v) is 6.91. The highest BCUT2D eigenvalue weighted by Gasteiger charge is 2.42. The number of aliphatic carboxylic acids is 2. The molecule has 1 unspecified atom stereocenters. The van der Waals surface area contributed by atoms with Crippen LogP contribution in [0.3, 0.4) is 0 Å². The number of carboxylic acids is 2. The van der Waals surface area contributed by atoms with Crippen LogP contribution in [0, 0.1) is 5.92 Å². The number of likely N-dealkylation sites (N-methyl/N-ethyl adjacent to an activating group) is 1.